The van der Waals surface area contributed by atoms with Gasteiger partial charge in [0.2, 0.25) is 0 Å². The van der Waals surface area contributed by atoms with Crippen LogP contribution in [0.25, 0.3) is 0 Å². The van der Waals surface area contributed by atoms with Crippen molar-refractivity contribution in [3.63, 3.8) is 0 Å². The maximum absolute atomic E-state index is 13.1. The van der Waals surface area contributed by atoms with E-state index in [1.54, 1.807) is 0 Å². The summed E-state index contributed by atoms with van der Waals surface area (Å²) in [6.07, 6.45) is 88.5. The Bertz CT molecular complexity index is 2530. The molecule has 0 rings (SSSR count). The summed E-state index contributed by atoms with van der Waals surface area (Å²) in [4.78, 5) is 73.1. The first kappa shape index (κ1) is 101. The summed E-state index contributed by atoms with van der Waals surface area (Å²) in [7, 11) is -9.99. The fourth-order valence-corrected chi connectivity index (χ4v) is 12.4. The van der Waals surface area contributed by atoms with Crippen molar-refractivity contribution in [1.82, 2.24) is 0 Å². The highest BCUT2D eigenvalue weighted by Crippen LogP contribution is 2.45. The Morgan fingerprint density at radius 2 is 0.491 bits per heavy atom. The number of unbranched alkanes of at least 4 members (excludes halogenated alkanes) is 29. The molecule has 17 nitrogen and oxygen atoms in total. The van der Waals surface area contributed by atoms with Crippen molar-refractivity contribution in [1.29, 1.82) is 0 Å². The Morgan fingerprint density at radius 1 is 0.274 bits per heavy atom. The van der Waals surface area contributed by atoms with Crippen LogP contribution in [-0.4, -0.2) is 96.7 Å². The molecule has 0 saturated heterocycles. The van der Waals surface area contributed by atoms with Gasteiger partial charge in [0.15, 0.2) is 12.2 Å². The fourth-order valence-electron chi connectivity index (χ4n) is 10.9. The Balaban J connectivity index is 5.43. The van der Waals surface area contributed by atoms with Crippen LogP contribution in [0.15, 0.2) is 134 Å². The molecule has 3 N–H and O–H groups in total. The van der Waals surface area contributed by atoms with E-state index in [2.05, 4.69) is 161 Å². The Kier molecular flexibility index (Phi) is 74.8. The Morgan fingerprint density at radius 3 is 0.783 bits per heavy atom. The number of allylic oxidation sites excluding steroid dienone is 22. The van der Waals surface area contributed by atoms with Crippen molar-refractivity contribution >= 4 is 39.5 Å². The summed E-state index contributed by atoms with van der Waals surface area (Å²) >= 11 is 0. The molecule has 0 aromatic rings. The Labute approximate surface area is 644 Å². The second-order valence-electron chi connectivity index (χ2n) is 27.3. The molecular formula is C87H148O17P2. The predicted octanol–water partition coefficient (Wildman–Crippen LogP) is 24.4. The molecule has 0 aliphatic carbocycles. The van der Waals surface area contributed by atoms with E-state index in [0.717, 1.165) is 161 Å². The normalized spacial score (nSPS) is 14.5. The number of rotatable bonds is 77. The number of esters is 4. The number of phosphoric acid groups is 2. The van der Waals surface area contributed by atoms with Crippen molar-refractivity contribution in [2.24, 2.45) is 0 Å². The number of aliphatic hydroxyl groups is 1. The van der Waals surface area contributed by atoms with Crippen LogP contribution in [0, 0.1) is 0 Å². The molecule has 0 spiro atoms. The zero-order chi connectivity index (χ0) is 77.4. The number of ether oxygens (including phenoxy) is 4. The maximum atomic E-state index is 13.1. The number of hydrogen-bond acceptors (Lipinski definition) is 15. The average Bonchev–Trinajstić information content (AvgIpc) is 0.937. The molecule has 0 bridgehead atoms. The van der Waals surface area contributed by atoms with Gasteiger partial charge in [0.25, 0.3) is 0 Å². The van der Waals surface area contributed by atoms with Gasteiger partial charge in [-0.3, -0.25) is 37.3 Å². The highest BCUT2D eigenvalue weighted by Gasteiger charge is 2.30. The molecule has 0 saturated carbocycles. The largest absolute Gasteiger partial charge is 0.472 e. The monoisotopic (exact) mass is 1530 g/mol. The minimum absolute atomic E-state index is 0.0511. The first-order valence-electron chi connectivity index (χ1n) is 41.4. The molecule has 0 amide bonds. The van der Waals surface area contributed by atoms with Crippen LogP contribution in [0.4, 0.5) is 0 Å². The molecule has 0 aliphatic heterocycles. The molecule has 608 valence electrons. The molecule has 0 heterocycles. The summed E-state index contributed by atoms with van der Waals surface area (Å²) in [5, 5.41) is 10.7. The third-order valence-corrected chi connectivity index (χ3v) is 19.0. The highest BCUT2D eigenvalue weighted by molar-refractivity contribution is 7.47. The number of carbonyl (C=O) groups excluding carboxylic acids is 4. The molecule has 5 atom stereocenters. The minimum atomic E-state index is -4.99. The van der Waals surface area contributed by atoms with Gasteiger partial charge in [-0.05, 0) is 141 Å². The average molecular weight is 1530 g/mol. The van der Waals surface area contributed by atoms with Crippen LogP contribution in [0.1, 0.15) is 336 Å². The first-order chi connectivity index (χ1) is 51.7. The van der Waals surface area contributed by atoms with E-state index in [1.807, 2.05) is 0 Å². The van der Waals surface area contributed by atoms with Crippen molar-refractivity contribution in [3.05, 3.63) is 134 Å². The lowest BCUT2D eigenvalue weighted by Crippen LogP contribution is -2.30. The lowest BCUT2D eigenvalue weighted by atomic mass is 10.0. The smallest absolute Gasteiger partial charge is 0.462 e. The summed E-state index contributed by atoms with van der Waals surface area (Å²) in [5.74, 6) is -2.25. The quantitative estimate of drug-likeness (QED) is 0.0169. The van der Waals surface area contributed by atoms with Crippen LogP contribution in [0.3, 0.4) is 0 Å². The minimum Gasteiger partial charge on any atom is -0.462 e. The molecule has 0 aromatic heterocycles. The van der Waals surface area contributed by atoms with E-state index < -0.39 is 97.5 Å². The summed E-state index contributed by atoms with van der Waals surface area (Å²) in [6.45, 7) is 4.58. The molecule has 106 heavy (non-hydrogen) atoms. The first-order valence-corrected chi connectivity index (χ1v) is 44.4. The van der Waals surface area contributed by atoms with Crippen molar-refractivity contribution in [2.75, 3.05) is 39.6 Å². The van der Waals surface area contributed by atoms with E-state index in [0.29, 0.717) is 25.7 Å². The molecule has 2 unspecified atom stereocenters. The van der Waals surface area contributed by atoms with Gasteiger partial charge in [-0.25, -0.2) is 9.13 Å². The van der Waals surface area contributed by atoms with Crippen molar-refractivity contribution in [3.8, 4) is 0 Å². The van der Waals surface area contributed by atoms with Gasteiger partial charge >= 0.3 is 39.5 Å². The third kappa shape index (κ3) is 77.4. The lowest BCUT2D eigenvalue weighted by Gasteiger charge is -2.21. The molecule has 0 fully saturated rings. The van der Waals surface area contributed by atoms with Crippen LogP contribution >= 0.6 is 15.6 Å². The van der Waals surface area contributed by atoms with Crippen molar-refractivity contribution < 1.29 is 80.2 Å². The lowest BCUT2D eigenvalue weighted by molar-refractivity contribution is -0.161. The number of aliphatic hydroxyl groups excluding tert-OH is 1. The van der Waals surface area contributed by atoms with E-state index >= 15 is 0 Å². The number of hydrogen-bond donors (Lipinski definition) is 3. The van der Waals surface area contributed by atoms with Crippen LogP contribution in [-0.2, 0) is 65.4 Å². The number of carbonyl (C=O) groups is 4. The van der Waals surface area contributed by atoms with Gasteiger partial charge in [-0.2, -0.15) is 0 Å². The second kappa shape index (κ2) is 78.3. The highest BCUT2D eigenvalue weighted by atomic mass is 31.2. The zero-order valence-corrected chi connectivity index (χ0v) is 68.4. The van der Waals surface area contributed by atoms with Gasteiger partial charge < -0.3 is 33.8 Å². The predicted molar refractivity (Wildman–Crippen MR) is 436 cm³/mol. The maximum Gasteiger partial charge on any atom is 0.472 e. The fraction of sp³-hybridized carbons (Fsp3) is 0.701. The van der Waals surface area contributed by atoms with E-state index in [4.69, 9.17) is 37.0 Å². The molecule has 19 heteroatoms. The molecule has 0 aliphatic rings. The van der Waals surface area contributed by atoms with Gasteiger partial charge in [-0.15, -0.1) is 0 Å². The molecular weight excluding hydrogens is 1380 g/mol. The third-order valence-electron chi connectivity index (χ3n) is 17.1. The topological polar surface area (TPSA) is 237 Å². The van der Waals surface area contributed by atoms with Crippen LogP contribution in [0.2, 0.25) is 0 Å². The molecule has 0 radical (unpaired) electrons. The summed E-state index contributed by atoms with van der Waals surface area (Å²) < 4.78 is 68.7. The van der Waals surface area contributed by atoms with Gasteiger partial charge in [-0.1, -0.05) is 303 Å². The van der Waals surface area contributed by atoms with E-state index in [9.17, 15) is 43.2 Å². The second-order valence-corrected chi connectivity index (χ2v) is 30.2. The number of phosphoric ester groups is 2. The molecule has 0 aromatic carbocycles. The summed E-state index contributed by atoms with van der Waals surface area (Å²) in [6, 6.07) is 0. The Hall–Kier alpha value is -4.80. The van der Waals surface area contributed by atoms with E-state index in [-0.39, 0.29) is 25.7 Å². The van der Waals surface area contributed by atoms with Crippen LogP contribution < -0.4 is 0 Å². The van der Waals surface area contributed by atoms with Crippen LogP contribution in [0.5, 0.6) is 0 Å². The van der Waals surface area contributed by atoms with E-state index in [1.165, 1.54) is 96.3 Å². The van der Waals surface area contributed by atoms with Gasteiger partial charge in [0.1, 0.15) is 19.3 Å². The summed E-state index contributed by atoms with van der Waals surface area (Å²) in [5.41, 5.74) is 0. The van der Waals surface area contributed by atoms with Gasteiger partial charge in [0, 0.05) is 25.7 Å². The van der Waals surface area contributed by atoms with Crippen molar-refractivity contribution in [2.45, 2.75) is 354 Å². The SMILES string of the molecule is CC/C=C\C/C=C\C/C=C\C/C=C\C/C=C\CCCCCC(=O)O[C@H](COC(=O)CCCCCCC/C=C\CCCCCC)COP(=O)(O)OC[C@@H](O)COP(=O)(O)OC[C@@H](COC(=O)CCCCCCCCCCCCCCCCC)OC(=O)CCCCC/C=C\C/C=C\C/C=C\C/C=C\C/C=C\CC. The zero-order valence-electron chi connectivity index (χ0n) is 66.6. The van der Waals surface area contributed by atoms with Gasteiger partial charge in [0.05, 0.1) is 26.4 Å². The standard InChI is InChI=1S/C87H148O17P2/c1-5-9-13-17-21-25-29-33-36-38-40-42-45-49-53-57-61-65-69-73-86(91)103-82(77-97-84(89)71-67-63-59-55-51-47-32-28-24-20-16-12-8-4)79-101-105(93,94)99-75-81(88)76-100-106(95,96)102-80-83(78-98-85(90)72-68-64-60-56-52-48-44-35-31-27-23-19-15-11-7-3)104-87(92)74-70-66-62-58-54-50-46-43-41-39-37-34-30-26-22-18-14-10-6-2/h9-10,13-14,21-22,25-26,28,32-34,36-37,40-43,49-50,53-54,81-83,88H,5-8,11-12,15-20,23-24,27,29-31,35,38-39,44-48,51-52,55-80H2,1-4H3,(H,93,94)(H,95,96)/b13-9-,14-10-,25-21-,26-22-,32-28-,36-33-,37-34-,42-40-,43-41-,53-49-,54-50-/t81-,82-,83-/m1/s1.